The van der Waals surface area contributed by atoms with Crippen LogP contribution >= 0.6 is 0 Å². The molecule has 3 aromatic rings. The summed E-state index contributed by atoms with van der Waals surface area (Å²) < 4.78 is 19.6. The first kappa shape index (κ1) is 20.3. The molecular formula is C20H25N5O2S. The third kappa shape index (κ3) is 3.74. The van der Waals surface area contributed by atoms with Gasteiger partial charge in [0.15, 0.2) is 0 Å². The second-order valence-electron chi connectivity index (χ2n) is 7.95. The molecule has 148 valence electrons. The minimum atomic E-state index is -1.40. The quantitative estimate of drug-likeness (QED) is 0.500. The average Bonchev–Trinajstić information content (AvgIpc) is 3.03. The van der Waals surface area contributed by atoms with Crippen LogP contribution in [0.2, 0.25) is 0 Å². The molecule has 0 aliphatic carbocycles. The summed E-state index contributed by atoms with van der Waals surface area (Å²) in [6.07, 6.45) is 3.49. The molecule has 2 heterocycles. The van der Waals surface area contributed by atoms with Crippen molar-refractivity contribution in [2.24, 2.45) is 18.5 Å². The van der Waals surface area contributed by atoms with Gasteiger partial charge < -0.3 is 4.55 Å². The van der Waals surface area contributed by atoms with Crippen LogP contribution in [0.15, 0.2) is 33.7 Å². The number of aryl methyl sites for hydroxylation is 2. The van der Waals surface area contributed by atoms with Gasteiger partial charge in [0.05, 0.1) is 28.4 Å². The Morgan fingerprint density at radius 2 is 1.93 bits per heavy atom. The van der Waals surface area contributed by atoms with E-state index >= 15 is 0 Å². The summed E-state index contributed by atoms with van der Waals surface area (Å²) in [4.78, 5) is 17.8. The van der Waals surface area contributed by atoms with Gasteiger partial charge in [-0.25, -0.2) is 4.98 Å². The van der Waals surface area contributed by atoms with Crippen molar-refractivity contribution in [1.82, 2.24) is 19.3 Å². The molecule has 28 heavy (non-hydrogen) atoms. The predicted molar refractivity (Wildman–Crippen MR) is 114 cm³/mol. The van der Waals surface area contributed by atoms with Gasteiger partial charge in [0, 0.05) is 25.9 Å². The maximum absolute atomic E-state index is 13.0. The third-order valence-electron chi connectivity index (χ3n) is 4.42. The van der Waals surface area contributed by atoms with Crippen LogP contribution in [-0.2, 0) is 25.5 Å². The molecule has 0 spiro atoms. The van der Waals surface area contributed by atoms with Crippen LogP contribution in [0.25, 0.3) is 22.3 Å². The van der Waals surface area contributed by atoms with Crippen LogP contribution < -0.4 is 5.56 Å². The smallest absolute Gasteiger partial charge is 0.261 e. The predicted octanol–water partition coefficient (Wildman–Crippen LogP) is 2.91. The summed E-state index contributed by atoms with van der Waals surface area (Å²) in [5, 5.41) is 4.69. The van der Waals surface area contributed by atoms with Crippen molar-refractivity contribution >= 4 is 28.0 Å². The number of rotatable bonds is 3. The van der Waals surface area contributed by atoms with E-state index < -0.39 is 16.1 Å². The molecule has 0 amide bonds. The standard InChI is InChI=1S/C20H25N5O2S/c1-12-8-15(13(2)23-28(27)20(3,4)5)17-16(9-12)19(26)25(7)18(22-17)14-10-21-24(6)11-14/h8-11H,1-7H3/t28-/m1/s1. The Kier molecular flexibility index (Phi) is 5.20. The molecule has 0 saturated heterocycles. The lowest BCUT2D eigenvalue weighted by molar-refractivity contribution is 0.561. The molecule has 0 radical (unpaired) electrons. The van der Waals surface area contributed by atoms with E-state index in [0.29, 0.717) is 22.4 Å². The van der Waals surface area contributed by atoms with Crippen LogP contribution in [0.3, 0.4) is 0 Å². The van der Waals surface area contributed by atoms with E-state index in [4.69, 9.17) is 4.98 Å². The first-order valence-corrected chi connectivity index (χ1v) is 10.1. The fourth-order valence-corrected chi connectivity index (χ4v) is 3.52. The van der Waals surface area contributed by atoms with Crippen molar-refractivity contribution in [2.75, 3.05) is 0 Å². The Balaban J connectivity index is 2.31. The maximum atomic E-state index is 13.0. The Morgan fingerprint density at radius 1 is 1.25 bits per heavy atom. The van der Waals surface area contributed by atoms with Crippen LogP contribution in [0, 0.1) is 6.92 Å². The number of nitrogens with zero attached hydrogens (tertiary/aromatic N) is 5. The lowest BCUT2D eigenvalue weighted by Gasteiger charge is -2.19. The number of hydrogen-bond donors (Lipinski definition) is 0. The van der Waals surface area contributed by atoms with Crippen molar-refractivity contribution in [2.45, 2.75) is 39.4 Å². The molecule has 0 N–H and O–H groups in total. The highest BCUT2D eigenvalue weighted by atomic mass is 32.2. The van der Waals surface area contributed by atoms with Gasteiger partial charge in [0.2, 0.25) is 0 Å². The zero-order valence-corrected chi connectivity index (χ0v) is 18.1. The highest BCUT2D eigenvalue weighted by molar-refractivity contribution is 7.91. The topological polar surface area (TPSA) is 88.1 Å². The Labute approximate surface area is 167 Å². The fraction of sp³-hybridized carbons (Fsp3) is 0.400. The van der Waals surface area contributed by atoms with Gasteiger partial charge in [-0.3, -0.25) is 14.0 Å². The molecule has 0 unspecified atom stereocenters. The van der Waals surface area contributed by atoms with E-state index in [-0.39, 0.29) is 5.56 Å². The van der Waals surface area contributed by atoms with Crippen molar-refractivity contribution in [1.29, 1.82) is 0 Å². The second kappa shape index (κ2) is 7.18. The Morgan fingerprint density at radius 3 is 2.50 bits per heavy atom. The van der Waals surface area contributed by atoms with Gasteiger partial charge >= 0.3 is 0 Å². The van der Waals surface area contributed by atoms with E-state index in [2.05, 4.69) is 9.50 Å². The van der Waals surface area contributed by atoms with Crippen molar-refractivity contribution < 1.29 is 4.55 Å². The minimum absolute atomic E-state index is 0.140. The number of hydrogen-bond acceptors (Lipinski definition) is 5. The first-order valence-electron chi connectivity index (χ1n) is 8.97. The molecule has 1 aromatic carbocycles. The van der Waals surface area contributed by atoms with Crippen LogP contribution in [0.4, 0.5) is 0 Å². The van der Waals surface area contributed by atoms with E-state index in [1.807, 2.05) is 53.1 Å². The number of aromatic nitrogens is 4. The van der Waals surface area contributed by atoms with Crippen molar-refractivity contribution in [3.63, 3.8) is 0 Å². The average molecular weight is 400 g/mol. The molecule has 7 nitrogen and oxygen atoms in total. The molecule has 1 atom stereocenters. The zero-order valence-electron chi connectivity index (χ0n) is 17.3. The molecule has 0 aliphatic rings. The van der Waals surface area contributed by atoms with Gasteiger partial charge in [0.1, 0.15) is 21.9 Å². The summed E-state index contributed by atoms with van der Waals surface area (Å²) in [6.45, 7) is 9.36. The van der Waals surface area contributed by atoms with Gasteiger partial charge in [-0.15, -0.1) is 0 Å². The van der Waals surface area contributed by atoms with Crippen LogP contribution in [-0.4, -0.2) is 34.3 Å². The van der Waals surface area contributed by atoms with Gasteiger partial charge in [-0.1, -0.05) is 4.40 Å². The lowest BCUT2D eigenvalue weighted by Crippen LogP contribution is -2.27. The summed E-state index contributed by atoms with van der Waals surface area (Å²) in [5.41, 5.74) is 3.41. The molecule has 2 aromatic heterocycles. The maximum Gasteiger partial charge on any atom is 0.261 e. The highest BCUT2D eigenvalue weighted by Crippen LogP contribution is 2.24. The molecule has 0 aliphatic heterocycles. The van der Waals surface area contributed by atoms with E-state index in [1.165, 1.54) is 4.57 Å². The zero-order chi connectivity index (χ0) is 20.8. The summed E-state index contributed by atoms with van der Waals surface area (Å²) in [5.74, 6) is 0.528. The fourth-order valence-electron chi connectivity index (χ4n) is 2.90. The third-order valence-corrected chi connectivity index (χ3v) is 5.91. The summed E-state index contributed by atoms with van der Waals surface area (Å²) in [6, 6.07) is 3.76. The Bertz CT molecular complexity index is 1140. The molecule has 3 rings (SSSR count). The number of benzene rings is 1. The minimum Gasteiger partial charge on any atom is -0.591 e. The van der Waals surface area contributed by atoms with Crippen LogP contribution in [0.5, 0.6) is 0 Å². The molecule has 0 bridgehead atoms. The lowest BCUT2D eigenvalue weighted by atomic mass is 10.0. The second-order valence-corrected chi connectivity index (χ2v) is 9.85. The van der Waals surface area contributed by atoms with Gasteiger partial charge in [0.25, 0.3) is 5.56 Å². The van der Waals surface area contributed by atoms with Crippen LogP contribution in [0.1, 0.15) is 38.8 Å². The summed E-state index contributed by atoms with van der Waals surface area (Å²) in [7, 11) is 3.52. The monoisotopic (exact) mass is 399 g/mol. The molecule has 0 fully saturated rings. The SMILES string of the molecule is CC(=N[S@+]([O-])C(C)(C)C)c1cc(C)cc2c(=O)n(C)c(-c3cnn(C)c3)nc12. The van der Waals surface area contributed by atoms with E-state index in [9.17, 15) is 9.35 Å². The van der Waals surface area contributed by atoms with E-state index in [0.717, 1.165) is 16.7 Å². The molecular weight excluding hydrogens is 374 g/mol. The van der Waals surface area contributed by atoms with Gasteiger partial charge in [-0.05, 0) is 52.3 Å². The Hall–Kier alpha value is -2.45. The number of fused-ring (bicyclic) bond motifs is 1. The van der Waals surface area contributed by atoms with Crippen molar-refractivity contribution in [3.8, 4) is 11.4 Å². The molecule has 0 saturated carbocycles. The van der Waals surface area contributed by atoms with E-state index in [1.54, 1.807) is 24.9 Å². The highest BCUT2D eigenvalue weighted by Gasteiger charge is 2.27. The summed E-state index contributed by atoms with van der Waals surface area (Å²) >= 11 is -1.40. The first-order chi connectivity index (χ1) is 13.0. The normalized spacial score (nSPS) is 13.9. The van der Waals surface area contributed by atoms with Crippen molar-refractivity contribution in [3.05, 3.63) is 46.0 Å². The molecule has 8 heteroatoms. The van der Waals surface area contributed by atoms with Gasteiger partial charge in [-0.2, -0.15) is 5.10 Å². The largest absolute Gasteiger partial charge is 0.591 e.